The van der Waals surface area contributed by atoms with Crippen LogP contribution >= 0.6 is 15.9 Å². The van der Waals surface area contributed by atoms with Crippen LogP contribution in [0, 0.1) is 12.8 Å². The average molecular weight is 603 g/mol. The first-order valence-corrected chi connectivity index (χ1v) is 15.5. The number of benzene rings is 2. The van der Waals surface area contributed by atoms with Crippen LogP contribution in [0.4, 0.5) is 0 Å². The Morgan fingerprint density at radius 3 is 2.62 bits per heavy atom. The van der Waals surface area contributed by atoms with E-state index in [4.69, 9.17) is 9.47 Å². The molecule has 3 aliphatic heterocycles. The van der Waals surface area contributed by atoms with Gasteiger partial charge in [-0.1, -0.05) is 34.1 Å². The molecule has 4 atom stereocenters. The molecule has 1 unspecified atom stereocenters. The highest BCUT2D eigenvalue weighted by atomic mass is 79.9. The van der Waals surface area contributed by atoms with Gasteiger partial charge in [0.25, 0.3) is 5.91 Å². The predicted molar refractivity (Wildman–Crippen MR) is 158 cm³/mol. The summed E-state index contributed by atoms with van der Waals surface area (Å²) in [6.07, 6.45) is 4.98. The molecule has 1 spiro atoms. The fourth-order valence-electron chi connectivity index (χ4n) is 8.96. The number of aromatic amines is 1. The highest BCUT2D eigenvalue weighted by molar-refractivity contribution is 9.10. The molecule has 0 radical (unpaired) electrons. The Kier molecular flexibility index (Phi) is 5.53. The molecule has 3 aromatic rings. The van der Waals surface area contributed by atoms with Crippen LogP contribution in [0.3, 0.4) is 0 Å². The number of H-pyrrole nitrogens is 1. The molecule has 40 heavy (non-hydrogen) atoms. The number of carbonyl (C=O) groups is 1. The minimum absolute atomic E-state index is 0.0672. The van der Waals surface area contributed by atoms with Crippen LogP contribution in [0.15, 0.2) is 40.9 Å². The first-order valence-electron chi connectivity index (χ1n) is 14.7. The van der Waals surface area contributed by atoms with Crippen LogP contribution in [-0.4, -0.2) is 60.5 Å². The quantitative estimate of drug-likeness (QED) is 0.405. The third-order valence-corrected chi connectivity index (χ3v) is 11.6. The summed E-state index contributed by atoms with van der Waals surface area (Å²) < 4.78 is 13.8. The molecular formula is C33H36BrN3O3. The zero-order valence-electron chi connectivity index (χ0n) is 23.4. The van der Waals surface area contributed by atoms with Crippen LogP contribution in [0.5, 0.6) is 11.5 Å². The molecule has 8 rings (SSSR count). The second-order valence-electron chi connectivity index (χ2n) is 12.6. The molecule has 208 valence electrons. The lowest BCUT2D eigenvalue weighted by Gasteiger charge is -2.57. The summed E-state index contributed by atoms with van der Waals surface area (Å²) >= 11 is 3.54. The number of rotatable bonds is 3. The fourth-order valence-corrected chi connectivity index (χ4v) is 9.22. The van der Waals surface area contributed by atoms with E-state index in [0.717, 1.165) is 84.7 Å². The summed E-state index contributed by atoms with van der Waals surface area (Å²) in [6, 6.07) is 13.5. The highest BCUT2D eigenvalue weighted by Crippen LogP contribution is 2.67. The van der Waals surface area contributed by atoms with E-state index in [-0.39, 0.29) is 17.4 Å². The maximum Gasteiger partial charge on any atom is 0.270 e. The van der Waals surface area contributed by atoms with Gasteiger partial charge >= 0.3 is 0 Å². The van der Waals surface area contributed by atoms with Crippen molar-refractivity contribution in [3.8, 4) is 11.5 Å². The molecule has 2 fully saturated rings. The monoisotopic (exact) mass is 601 g/mol. The summed E-state index contributed by atoms with van der Waals surface area (Å²) in [4.78, 5) is 22.3. The number of likely N-dealkylation sites (N-methyl/N-ethyl adjacent to an activating group) is 1. The average Bonchev–Trinajstić information content (AvgIpc) is 3.49. The van der Waals surface area contributed by atoms with E-state index in [1.54, 1.807) is 7.11 Å². The van der Waals surface area contributed by atoms with Gasteiger partial charge in [-0.05, 0) is 105 Å². The van der Waals surface area contributed by atoms with Crippen LogP contribution in [0.25, 0.3) is 0 Å². The third kappa shape index (κ3) is 3.28. The van der Waals surface area contributed by atoms with Crippen molar-refractivity contribution in [3.63, 3.8) is 0 Å². The Morgan fingerprint density at radius 2 is 1.88 bits per heavy atom. The van der Waals surface area contributed by atoms with Gasteiger partial charge in [0.2, 0.25) is 0 Å². The molecule has 1 aromatic heterocycles. The number of fused-ring (bicyclic) bond motifs is 2. The fraction of sp³-hybridized carbons (Fsp3) is 0.485. The van der Waals surface area contributed by atoms with E-state index in [9.17, 15) is 4.79 Å². The summed E-state index contributed by atoms with van der Waals surface area (Å²) in [5, 5.41) is 0. The van der Waals surface area contributed by atoms with Gasteiger partial charge in [-0.15, -0.1) is 0 Å². The van der Waals surface area contributed by atoms with Gasteiger partial charge < -0.3 is 24.3 Å². The van der Waals surface area contributed by atoms with Gasteiger partial charge in [-0.3, -0.25) is 4.79 Å². The number of nitrogens with one attached hydrogen (secondary N) is 1. The lowest BCUT2D eigenvalue weighted by Crippen LogP contribution is -2.62. The Hall–Kier alpha value is -2.77. The minimum Gasteiger partial charge on any atom is -0.493 e. The van der Waals surface area contributed by atoms with Gasteiger partial charge in [-0.2, -0.15) is 0 Å². The molecule has 2 bridgehead atoms. The Balaban J connectivity index is 1.14. The number of methoxy groups -OCH3 is 1. The van der Waals surface area contributed by atoms with Crippen molar-refractivity contribution in [3.05, 3.63) is 80.1 Å². The van der Waals surface area contributed by atoms with Crippen LogP contribution in [0.2, 0.25) is 0 Å². The molecule has 2 aliphatic carbocycles. The Labute approximate surface area is 244 Å². The maximum atomic E-state index is 14.0. The number of hydrogen-bond acceptors (Lipinski definition) is 4. The Morgan fingerprint density at radius 1 is 1.10 bits per heavy atom. The third-order valence-electron chi connectivity index (χ3n) is 11.0. The zero-order chi connectivity index (χ0) is 27.3. The SMILES string of the molecule is COc1ccc2c3c1O[C@H]1c4[nH]c(C(=O)N5CCC(c6ccc(Br)cc6)CC5)c(C)c4C[C@H]4[C@@H](C2)N(C)CCC314. The second-order valence-corrected chi connectivity index (χ2v) is 13.5. The minimum atomic E-state index is -0.105. The number of aromatic nitrogens is 1. The number of carbonyl (C=O) groups excluding carboxylic acids is 1. The van der Waals surface area contributed by atoms with Gasteiger partial charge in [0.05, 0.1) is 12.8 Å². The van der Waals surface area contributed by atoms with Crippen LogP contribution < -0.4 is 9.47 Å². The first kappa shape index (κ1) is 25.0. The molecule has 1 N–H and O–H groups in total. The largest absolute Gasteiger partial charge is 0.493 e. The topological polar surface area (TPSA) is 57.8 Å². The number of halogens is 1. The summed E-state index contributed by atoms with van der Waals surface area (Å²) in [7, 11) is 4.02. The lowest BCUT2D eigenvalue weighted by atomic mass is 9.51. The molecule has 6 nitrogen and oxygen atoms in total. The van der Waals surface area contributed by atoms with Crippen molar-refractivity contribution >= 4 is 21.8 Å². The number of amides is 1. The number of ether oxygens (including phenoxy) is 2. The molecule has 2 aromatic carbocycles. The van der Waals surface area contributed by atoms with Crippen molar-refractivity contribution < 1.29 is 14.3 Å². The molecule has 5 aliphatic rings. The van der Waals surface area contributed by atoms with Gasteiger partial charge in [0, 0.05) is 34.6 Å². The normalized spacial score (nSPS) is 28.6. The number of likely N-dealkylation sites (tertiary alicyclic amines) is 2. The van der Waals surface area contributed by atoms with Gasteiger partial charge in [-0.25, -0.2) is 0 Å². The van der Waals surface area contributed by atoms with Crippen molar-refractivity contribution in [2.45, 2.75) is 62.5 Å². The lowest BCUT2D eigenvalue weighted by molar-refractivity contribution is -0.0256. The number of hydrogen-bond donors (Lipinski definition) is 1. The molecular weight excluding hydrogens is 566 g/mol. The van der Waals surface area contributed by atoms with Crippen LogP contribution in [0.1, 0.15) is 75.3 Å². The van der Waals surface area contributed by atoms with Crippen molar-refractivity contribution in [1.82, 2.24) is 14.8 Å². The zero-order valence-corrected chi connectivity index (χ0v) is 25.0. The van der Waals surface area contributed by atoms with E-state index in [1.807, 2.05) is 0 Å². The van der Waals surface area contributed by atoms with Gasteiger partial charge in [0.1, 0.15) is 11.8 Å². The van der Waals surface area contributed by atoms with Crippen molar-refractivity contribution in [1.29, 1.82) is 0 Å². The second kappa shape index (κ2) is 8.86. The van der Waals surface area contributed by atoms with Gasteiger partial charge in [0.15, 0.2) is 11.5 Å². The van der Waals surface area contributed by atoms with E-state index in [1.165, 1.54) is 22.3 Å². The molecule has 1 amide bonds. The summed E-state index contributed by atoms with van der Waals surface area (Å²) in [6.45, 7) is 4.78. The molecule has 2 saturated heterocycles. The Bertz CT molecular complexity index is 1520. The maximum absolute atomic E-state index is 14.0. The van der Waals surface area contributed by atoms with E-state index < -0.39 is 0 Å². The predicted octanol–water partition coefficient (Wildman–Crippen LogP) is 5.92. The van der Waals surface area contributed by atoms with E-state index in [0.29, 0.717) is 17.9 Å². The first-order chi connectivity index (χ1) is 19.4. The molecule has 7 heteroatoms. The molecule has 0 saturated carbocycles. The number of nitrogens with zero attached hydrogens (tertiary/aromatic N) is 2. The summed E-state index contributed by atoms with van der Waals surface area (Å²) in [5.41, 5.74) is 8.38. The van der Waals surface area contributed by atoms with E-state index >= 15 is 0 Å². The van der Waals surface area contributed by atoms with Crippen molar-refractivity contribution in [2.24, 2.45) is 5.92 Å². The van der Waals surface area contributed by atoms with Crippen molar-refractivity contribution in [2.75, 3.05) is 33.8 Å². The highest BCUT2D eigenvalue weighted by Gasteiger charge is 2.65. The number of piperidine rings is 2. The van der Waals surface area contributed by atoms with Crippen LogP contribution in [-0.2, 0) is 18.3 Å². The standard InChI is InChI=1S/C33H36BrN3O3/c1-18-23-17-24-25-16-21-6-9-26(39-3)30-27(21)33(24,12-15-36(25)2)31(40-30)29(23)35-28(18)32(38)37-13-10-20(11-14-37)19-4-7-22(34)8-5-19/h4-9,20,24-25,31,35H,10-17H2,1-3H3/t24-,25+,31-,33?/m0/s1. The van der Waals surface area contributed by atoms with E-state index in [2.05, 4.69) is 81.1 Å². The molecule has 4 heterocycles. The summed E-state index contributed by atoms with van der Waals surface area (Å²) in [5.74, 6) is 2.86. The smallest absolute Gasteiger partial charge is 0.270 e.